The Bertz CT molecular complexity index is 715. The summed E-state index contributed by atoms with van der Waals surface area (Å²) in [6.07, 6.45) is 1.21. The van der Waals surface area contributed by atoms with Crippen LogP contribution in [0.3, 0.4) is 0 Å². The fraction of sp³-hybridized carbons (Fsp3) is 0.176. The number of hydrogen-bond donors (Lipinski definition) is 2. The molecule has 0 unspecified atom stereocenters. The smallest absolute Gasteiger partial charge is 0.231 e. The van der Waals surface area contributed by atoms with Gasteiger partial charge in [0.1, 0.15) is 0 Å². The molecule has 2 N–H and O–H groups in total. The van der Waals surface area contributed by atoms with Gasteiger partial charge in [-0.15, -0.1) is 0 Å². The lowest BCUT2D eigenvalue weighted by Crippen LogP contribution is -2.10. The second-order valence-electron chi connectivity index (χ2n) is 4.32. The second-order valence-corrected chi connectivity index (χ2v) is 4.32. The van der Waals surface area contributed by atoms with Crippen LogP contribution in [-0.2, 0) is 19.1 Å². The van der Waals surface area contributed by atoms with E-state index in [2.05, 4.69) is 42.5 Å². The topological polar surface area (TPSA) is 100 Å². The molecule has 2 aromatic carbocycles. The van der Waals surface area contributed by atoms with Gasteiger partial charge in [-0.25, -0.2) is 20.4 Å². The maximum Gasteiger partial charge on any atom is 0.231 e. The molecule has 6 heteroatoms. The number of fused-ring (bicyclic) bond motifs is 4. The Labute approximate surface area is 133 Å². The first-order valence-corrected chi connectivity index (χ1v) is 6.56. The number of isocyanates is 2. The van der Waals surface area contributed by atoms with Crippen LogP contribution in [0, 0.1) is 10.8 Å². The second kappa shape index (κ2) is 9.20. The van der Waals surface area contributed by atoms with Crippen molar-refractivity contribution < 1.29 is 19.1 Å². The molecule has 0 aromatic heterocycles. The number of nitrogens with one attached hydrogen (secondary N) is 2. The highest BCUT2D eigenvalue weighted by Crippen LogP contribution is 2.50. The molecule has 6 nitrogen and oxygen atoms in total. The van der Waals surface area contributed by atoms with E-state index in [4.69, 9.17) is 29.9 Å². The molecule has 3 rings (SSSR count). The van der Waals surface area contributed by atoms with E-state index >= 15 is 0 Å². The van der Waals surface area contributed by atoms with E-state index in [-0.39, 0.29) is 6.29 Å². The summed E-state index contributed by atoms with van der Waals surface area (Å²) < 4.78 is 10.7. The van der Waals surface area contributed by atoms with Gasteiger partial charge in [-0.3, -0.25) is 0 Å². The third-order valence-corrected chi connectivity index (χ3v) is 3.27. The lowest BCUT2D eigenvalue weighted by molar-refractivity contribution is -0.105. The number of ether oxygens (including phenoxy) is 2. The van der Waals surface area contributed by atoms with Crippen molar-refractivity contribution in [2.45, 2.75) is 6.29 Å². The molecule has 0 spiro atoms. The van der Waals surface area contributed by atoms with Gasteiger partial charge >= 0.3 is 0 Å². The maximum atomic E-state index is 8.35. The van der Waals surface area contributed by atoms with Crippen LogP contribution in [0.5, 0.6) is 0 Å². The summed E-state index contributed by atoms with van der Waals surface area (Å²) in [6, 6.07) is 14.7. The Balaban J connectivity index is 0.000000387. The number of methoxy groups -OCH3 is 2. The van der Waals surface area contributed by atoms with Crippen LogP contribution in [0.15, 0.2) is 42.5 Å². The van der Waals surface area contributed by atoms with Gasteiger partial charge in [-0.2, -0.15) is 0 Å². The Morgan fingerprint density at radius 1 is 0.826 bits per heavy atom. The summed E-state index contributed by atoms with van der Waals surface area (Å²) in [4.78, 5) is 16.7. The minimum absolute atomic E-state index is 0.293. The van der Waals surface area contributed by atoms with E-state index in [1.807, 2.05) is 0 Å². The first-order valence-electron chi connectivity index (χ1n) is 6.56. The van der Waals surface area contributed by atoms with Gasteiger partial charge in [0.15, 0.2) is 6.29 Å². The fourth-order valence-corrected chi connectivity index (χ4v) is 2.52. The third-order valence-electron chi connectivity index (χ3n) is 3.27. The van der Waals surface area contributed by atoms with Crippen molar-refractivity contribution in [1.82, 2.24) is 0 Å². The van der Waals surface area contributed by atoms with Crippen molar-refractivity contribution in [2.24, 2.45) is 0 Å². The van der Waals surface area contributed by atoms with E-state index in [9.17, 15) is 0 Å². The monoisotopic (exact) mass is 312 g/mol. The van der Waals surface area contributed by atoms with E-state index in [1.54, 1.807) is 14.2 Å². The predicted molar refractivity (Wildman–Crippen MR) is 84.5 cm³/mol. The Kier molecular flexibility index (Phi) is 7.27. The first-order chi connectivity index (χ1) is 11.2. The standard InChI is InChI=1S/C15H14O2.2CHNO/c1-16-15(17-2)13-9-5-8-12-10-6-3-4-7-11(10)14(12)13;2*2-1-3/h3-9,15H,1-2H3;2*2H. The highest BCUT2D eigenvalue weighted by atomic mass is 16.7. The van der Waals surface area contributed by atoms with Crippen LogP contribution >= 0.6 is 0 Å². The SMILES string of the molecule is COC(OC)c1cccc2c1-c1ccccc1-2.N=C=O.N=C=O. The number of benzene rings is 2. The van der Waals surface area contributed by atoms with Gasteiger partial charge in [0.2, 0.25) is 12.2 Å². The molecule has 0 saturated carbocycles. The van der Waals surface area contributed by atoms with Crippen LogP contribution in [0.2, 0.25) is 0 Å². The van der Waals surface area contributed by atoms with Crippen molar-refractivity contribution in [3.05, 3.63) is 48.0 Å². The molecule has 1 aliphatic rings. The molecule has 1 aliphatic carbocycles. The van der Waals surface area contributed by atoms with Gasteiger partial charge in [0.25, 0.3) is 0 Å². The lowest BCUT2D eigenvalue weighted by Gasteiger charge is -2.28. The normalized spacial score (nSPS) is 9.52. The van der Waals surface area contributed by atoms with E-state index in [0.717, 1.165) is 17.7 Å². The molecule has 23 heavy (non-hydrogen) atoms. The average molecular weight is 312 g/mol. The zero-order chi connectivity index (χ0) is 17.2. The fourth-order valence-electron chi connectivity index (χ4n) is 2.52. The zero-order valence-corrected chi connectivity index (χ0v) is 12.8. The summed E-state index contributed by atoms with van der Waals surface area (Å²) in [5, 5.41) is 10.8. The average Bonchev–Trinajstić information content (AvgIpc) is 2.55. The lowest BCUT2D eigenvalue weighted by atomic mass is 9.78. The summed E-state index contributed by atoms with van der Waals surface area (Å²) >= 11 is 0. The molecule has 0 radical (unpaired) electrons. The Morgan fingerprint density at radius 3 is 1.83 bits per heavy atom. The van der Waals surface area contributed by atoms with Crippen molar-refractivity contribution in [1.29, 1.82) is 10.8 Å². The van der Waals surface area contributed by atoms with E-state index < -0.39 is 0 Å². The molecule has 0 heterocycles. The van der Waals surface area contributed by atoms with Crippen molar-refractivity contribution in [3.8, 4) is 22.3 Å². The highest BCUT2D eigenvalue weighted by molar-refractivity contribution is 6.03. The van der Waals surface area contributed by atoms with Crippen molar-refractivity contribution >= 4 is 12.2 Å². The first kappa shape index (κ1) is 18.2. The third kappa shape index (κ3) is 3.86. The molecule has 0 bridgehead atoms. The maximum absolute atomic E-state index is 8.35. The summed E-state index contributed by atoms with van der Waals surface area (Å²) in [6.45, 7) is 0. The van der Waals surface area contributed by atoms with Crippen LogP contribution in [0.1, 0.15) is 11.9 Å². The van der Waals surface area contributed by atoms with Gasteiger partial charge < -0.3 is 9.47 Å². The molecule has 0 aliphatic heterocycles. The zero-order valence-electron chi connectivity index (χ0n) is 12.8. The van der Waals surface area contributed by atoms with Crippen LogP contribution in [0.25, 0.3) is 22.3 Å². The van der Waals surface area contributed by atoms with Gasteiger partial charge in [-0.1, -0.05) is 42.5 Å². The van der Waals surface area contributed by atoms with Crippen LogP contribution in [-0.4, -0.2) is 26.4 Å². The summed E-state index contributed by atoms with van der Waals surface area (Å²) in [5.74, 6) is 0. The quantitative estimate of drug-likeness (QED) is 0.439. The molecular formula is C17H16N2O4. The molecule has 0 amide bonds. The summed E-state index contributed by atoms with van der Waals surface area (Å²) in [5.41, 5.74) is 6.26. The predicted octanol–water partition coefficient (Wildman–Crippen LogP) is 3.43. The van der Waals surface area contributed by atoms with Crippen molar-refractivity contribution in [2.75, 3.05) is 14.2 Å². The van der Waals surface area contributed by atoms with Gasteiger partial charge in [0, 0.05) is 19.8 Å². The highest BCUT2D eigenvalue weighted by Gasteiger charge is 2.27. The van der Waals surface area contributed by atoms with E-state index in [1.165, 1.54) is 22.3 Å². The summed E-state index contributed by atoms with van der Waals surface area (Å²) in [7, 11) is 3.33. The molecular weight excluding hydrogens is 296 g/mol. The minimum Gasteiger partial charge on any atom is -0.352 e. The number of carbonyl (C=O) groups excluding carboxylic acids is 2. The largest absolute Gasteiger partial charge is 0.352 e. The van der Waals surface area contributed by atoms with Crippen LogP contribution in [0.4, 0.5) is 0 Å². The minimum atomic E-state index is -0.293. The number of hydrogen-bond acceptors (Lipinski definition) is 6. The number of rotatable bonds is 3. The van der Waals surface area contributed by atoms with Crippen LogP contribution < -0.4 is 0 Å². The molecule has 0 atom stereocenters. The van der Waals surface area contributed by atoms with Gasteiger partial charge in [-0.05, 0) is 22.3 Å². The van der Waals surface area contributed by atoms with Gasteiger partial charge in [0.05, 0.1) is 0 Å². The van der Waals surface area contributed by atoms with Crippen molar-refractivity contribution in [3.63, 3.8) is 0 Å². The molecule has 2 aromatic rings. The molecule has 0 fully saturated rings. The Hall–Kier alpha value is -2.88. The molecule has 0 saturated heterocycles. The molecule has 118 valence electrons. The van der Waals surface area contributed by atoms with E-state index in [0.29, 0.717) is 0 Å². The Morgan fingerprint density at radius 2 is 1.30 bits per heavy atom.